The topological polar surface area (TPSA) is 46.6 Å². The van der Waals surface area contributed by atoms with Crippen LogP contribution in [0.25, 0.3) is 0 Å². The summed E-state index contributed by atoms with van der Waals surface area (Å²) in [6, 6.07) is -0.413. The fourth-order valence-corrected chi connectivity index (χ4v) is 1.93. The number of nitrogens with zero attached hydrogens (tertiary/aromatic N) is 1. The molecule has 0 aliphatic carbocycles. The van der Waals surface area contributed by atoms with Crippen LogP contribution < -0.4 is 0 Å². The molecule has 1 heterocycles. The first-order valence-corrected chi connectivity index (χ1v) is 5.51. The Morgan fingerprint density at radius 1 is 1.50 bits per heavy atom. The summed E-state index contributed by atoms with van der Waals surface area (Å²) >= 11 is 0. The monoisotopic (exact) mass is 223 g/mol. The number of rotatable bonds is 3. The number of methoxy groups -OCH3 is 1. The summed E-state index contributed by atoms with van der Waals surface area (Å²) in [7, 11) is 1.35. The van der Waals surface area contributed by atoms with Gasteiger partial charge in [0.15, 0.2) is 0 Å². The third-order valence-corrected chi connectivity index (χ3v) is 2.78. The first-order chi connectivity index (χ1) is 7.70. The molecular formula is C12H17NO3. The molecule has 4 nitrogen and oxygen atoms in total. The number of piperidine rings is 1. The number of carbonyl (C=O) groups is 2. The Bertz CT molecular complexity index is 306. The van der Waals surface area contributed by atoms with Gasteiger partial charge < -0.3 is 9.64 Å². The highest BCUT2D eigenvalue weighted by Gasteiger charge is 2.32. The maximum atomic E-state index is 11.8. The van der Waals surface area contributed by atoms with Gasteiger partial charge in [-0.05, 0) is 19.3 Å². The van der Waals surface area contributed by atoms with Gasteiger partial charge in [-0.15, -0.1) is 12.3 Å². The number of hydrogen-bond donors (Lipinski definition) is 0. The van der Waals surface area contributed by atoms with Crippen molar-refractivity contribution >= 4 is 11.9 Å². The third-order valence-electron chi connectivity index (χ3n) is 2.78. The van der Waals surface area contributed by atoms with Gasteiger partial charge in [0.25, 0.3) is 0 Å². The van der Waals surface area contributed by atoms with E-state index in [1.54, 1.807) is 4.90 Å². The second-order valence-corrected chi connectivity index (χ2v) is 3.83. The van der Waals surface area contributed by atoms with E-state index in [-0.39, 0.29) is 11.9 Å². The zero-order chi connectivity index (χ0) is 12.0. The molecule has 1 saturated heterocycles. The molecule has 1 atom stereocenters. The third kappa shape index (κ3) is 2.99. The van der Waals surface area contributed by atoms with Crippen LogP contribution in [-0.4, -0.2) is 36.5 Å². The molecule has 0 aromatic heterocycles. The molecule has 88 valence electrons. The molecule has 0 aromatic carbocycles. The van der Waals surface area contributed by atoms with Crippen molar-refractivity contribution in [2.75, 3.05) is 13.7 Å². The standard InChI is InChI=1S/C12H17NO3/c1-3-4-8-11(14)13-9-6-5-7-10(13)12(15)16-2/h1,10H,4-9H2,2H3/t10-/m1/s1. The van der Waals surface area contributed by atoms with Crippen molar-refractivity contribution in [2.45, 2.75) is 38.1 Å². The summed E-state index contributed by atoms with van der Waals surface area (Å²) in [6.07, 6.45) is 8.43. The largest absolute Gasteiger partial charge is 0.467 e. The first kappa shape index (κ1) is 12.6. The molecule has 4 heteroatoms. The number of terminal acetylenes is 1. The molecule has 0 saturated carbocycles. The summed E-state index contributed by atoms with van der Waals surface area (Å²) in [5.74, 6) is 2.06. The predicted octanol–water partition coefficient (Wildman–Crippen LogP) is 0.954. The molecule has 1 rings (SSSR count). The van der Waals surface area contributed by atoms with E-state index in [4.69, 9.17) is 11.2 Å². The molecule has 0 spiro atoms. The smallest absolute Gasteiger partial charge is 0.328 e. The van der Waals surface area contributed by atoms with Crippen molar-refractivity contribution in [3.63, 3.8) is 0 Å². The lowest BCUT2D eigenvalue weighted by Gasteiger charge is -2.33. The lowest BCUT2D eigenvalue weighted by atomic mass is 10.0. The fraction of sp³-hybridized carbons (Fsp3) is 0.667. The SMILES string of the molecule is C#CCCC(=O)N1CCCC[C@@H]1C(=O)OC. The van der Waals surface area contributed by atoms with Gasteiger partial charge in [-0.3, -0.25) is 4.79 Å². The van der Waals surface area contributed by atoms with Gasteiger partial charge in [0.1, 0.15) is 6.04 Å². The Morgan fingerprint density at radius 3 is 2.88 bits per heavy atom. The minimum Gasteiger partial charge on any atom is -0.467 e. The quantitative estimate of drug-likeness (QED) is 0.528. The molecule has 1 aliphatic rings. The molecule has 0 N–H and O–H groups in total. The van der Waals surface area contributed by atoms with E-state index in [1.807, 2.05) is 0 Å². The zero-order valence-electron chi connectivity index (χ0n) is 9.57. The minimum atomic E-state index is -0.413. The van der Waals surface area contributed by atoms with Gasteiger partial charge in [0, 0.05) is 19.4 Å². The predicted molar refractivity (Wildman–Crippen MR) is 59.4 cm³/mol. The van der Waals surface area contributed by atoms with E-state index < -0.39 is 6.04 Å². The van der Waals surface area contributed by atoms with Crippen molar-refractivity contribution in [1.82, 2.24) is 4.90 Å². The summed E-state index contributed by atoms with van der Waals surface area (Å²) in [4.78, 5) is 24.9. The van der Waals surface area contributed by atoms with Crippen molar-refractivity contribution < 1.29 is 14.3 Å². The van der Waals surface area contributed by atoms with Crippen LogP contribution >= 0.6 is 0 Å². The maximum Gasteiger partial charge on any atom is 0.328 e. The Hall–Kier alpha value is -1.50. The summed E-state index contributed by atoms with van der Waals surface area (Å²) in [6.45, 7) is 0.628. The molecule has 0 radical (unpaired) electrons. The molecular weight excluding hydrogens is 206 g/mol. The molecule has 0 bridgehead atoms. The van der Waals surface area contributed by atoms with Crippen molar-refractivity contribution in [2.24, 2.45) is 0 Å². The normalized spacial score (nSPS) is 20.0. The number of amides is 1. The van der Waals surface area contributed by atoms with Gasteiger partial charge in [-0.2, -0.15) is 0 Å². The lowest BCUT2D eigenvalue weighted by molar-refractivity contribution is -0.154. The van der Waals surface area contributed by atoms with Gasteiger partial charge in [-0.25, -0.2) is 4.79 Å². The van der Waals surface area contributed by atoms with E-state index in [0.29, 0.717) is 25.8 Å². The highest BCUT2D eigenvalue weighted by molar-refractivity contribution is 5.84. The van der Waals surface area contributed by atoms with Gasteiger partial charge in [0.05, 0.1) is 7.11 Å². The molecule has 16 heavy (non-hydrogen) atoms. The van der Waals surface area contributed by atoms with E-state index in [9.17, 15) is 9.59 Å². The van der Waals surface area contributed by atoms with E-state index in [1.165, 1.54) is 7.11 Å². The van der Waals surface area contributed by atoms with Crippen LogP contribution in [0.2, 0.25) is 0 Å². The molecule has 1 aliphatic heterocycles. The Balaban J connectivity index is 2.63. The van der Waals surface area contributed by atoms with Gasteiger partial charge in [0.2, 0.25) is 5.91 Å². The van der Waals surface area contributed by atoms with Gasteiger partial charge in [-0.1, -0.05) is 0 Å². The average Bonchev–Trinajstić information content (AvgIpc) is 2.35. The first-order valence-electron chi connectivity index (χ1n) is 5.51. The molecule has 0 unspecified atom stereocenters. The van der Waals surface area contributed by atoms with Crippen LogP contribution in [0.5, 0.6) is 0 Å². The second kappa shape index (κ2) is 6.16. The Kier molecular flexibility index (Phi) is 4.84. The summed E-state index contributed by atoms with van der Waals surface area (Å²) < 4.78 is 4.70. The second-order valence-electron chi connectivity index (χ2n) is 3.83. The van der Waals surface area contributed by atoms with Gasteiger partial charge >= 0.3 is 5.97 Å². The summed E-state index contributed by atoms with van der Waals surface area (Å²) in [5, 5.41) is 0. The minimum absolute atomic E-state index is 0.0481. The van der Waals surface area contributed by atoms with Crippen LogP contribution in [0, 0.1) is 12.3 Å². The van der Waals surface area contributed by atoms with E-state index >= 15 is 0 Å². The number of carbonyl (C=O) groups excluding carboxylic acids is 2. The molecule has 1 fully saturated rings. The molecule has 1 amide bonds. The Labute approximate surface area is 95.9 Å². The van der Waals surface area contributed by atoms with Crippen molar-refractivity contribution in [3.8, 4) is 12.3 Å². The zero-order valence-corrected chi connectivity index (χ0v) is 9.57. The number of esters is 1. The number of likely N-dealkylation sites (tertiary alicyclic amines) is 1. The highest BCUT2D eigenvalue weighted by Crippen LogP contribution is 2.19. The summed E-state index contributed by atoms with van der Waals surface area (Å²) in [5.41, 5.74) is 0. The van der Waals surface area contributed by atoms with Crippen LogP contribution in [-0.2, 0) is 14.3 Å². The number of hydrogen-bond acceptors (Lipinski definition) is 3. The maximum absolute atomic E-state index is 11.8. The van der Waals surface area contributed by atoms with E-state index in [2.05, 4.69) is 5.92 Å². The van der Waals surface area contributed by atoms with E-state index in [0.717, 1.165) is 12.8 Å². The Morgan fingerprint density at radius 2 is 2.25 bits per heavy atom. The van der Waals surface area contributed by atoms with Crippen LogP contribution in [0.3, 0.4) is 0 Å². The fourth-order valence-electron chi connectivity index (χ4n) is 1.93. The van der Waals surface area contributed by atoms with Crippen molar-refractivity contribution in [3.05, 3.63) is 0 Å². The lowest BCUT2D eigenvalue weighted by Crippen LogP contribution is -2.48. The van der Waals surface area contributed by atoms with Crippen molar-refractivity contribution in [1.29, 1.82) is 0 Å². The average molecular weight is 223 g/mol. The van der Waals surface area contributed by atoms with Crippen LogP contribution in [0.15, 0.2) is 0 Å². The van der Waals surface area contributed by atoms with Crippen LogP contribution in [0.1, 0.15) is 32.1 Å². The number of ether oxygens (including phenoxy) is 1. The van der Waals surface area contributed by atoms with Crippen LogP contribution in [0.4, 0.5) is 0 Å². The molecule has 0 aromatic rings. The highest BCUT2D eigenvalue weighted by atomic mass is 16.5.